The monoisotopic (exact) mass is 374 g/mol. The average molecular weight is 374 g/mol. The van der Waals surface area contributed by atoms with E-state index in [9.17, 15) is 9.59 Å². The number of carbonyl (C=O) groups excluding carboxylic acids is 2. The highest BCUT2D eigenvalue weighted by Crippen LogP contribution is 2.26. The number of methoxy groups -OCH3 is 1. The predicted molar refractivity (Wildman–Crippen MR) is 100 cm³/mol. The second-order valence-electron chi connectivity index (χ2n) is 7.23. The highest BCUT2D eigenvalue weighted by Gasteiger charge is 2.44. The number of nitrogens with one attached hydrogen (secondary N) is 1. The molecule has 0 unspecified atom stereocenters. The first kappa shape index (κ1) is 17.9. The number of anilines is 1. The van der Waals surface area contributed by atoms with Crippen molar-refractivity contribution in [2.24, 2.45) is 0 Å². The molecule has 146 valence electrons. The molecule has 3 aliphatic heterocycles. The van der Waals surface area contributed by atoms with Crippen molar-refractivity contribution in [1.29, 1.82) is 0 Å². The van der Waals surface area contributed by atoms with Gasteiger partial charge in [-0.05, 0) is 25.0 Å². The van der Waals surface area contributed by atoms with Gasteiger partial charge in [-0.1, -0.05) is 6.07 Å². The van der Waals surface area contributed by atoms with Crippen molar-refractivity contribution in [2.45, 2.75) is 24.9 Å². The number of hydrogen-bond acceptors (Lipinski definition) is 4. The Bertz CT molecular complexity index is 707. The number of rotatable bonds is 3. The Labute approximate surface area is 159 Å². The second-order valence-corrected chi connectivity index (χ2v) is 7.23. The van der Waals surface area contributed by atoms with Gasteiger partial charge >= 0.3 is 12.1 Å². The topological polar surface area (TPSA) is 74.4 Å². The number of nitrogens with zero attached hydrogens (tertiary/aromatic N) is 3. The zero-order valence-electron chi connectivity index (χ0n) is 15.6. The van der Waals surface area contributed by atoms with Gasteiger partial charge in [0.1, 0.15) is 5.75 Å². The van der Waals surface area contributed by atoms with Crippen LogP contribution in [0.25, 0.3) is 0 Å². The molecule has 0 aromatic heterocycles. The van der Waals surface area contributed by atoms with Gasteiger partial charge < -0.3 is 29.5 Å². The van der Waals surface area contributed by atoms with Gasteiger partial charge in [0.25, 0.3) is 0 Å². The molecular weight excluding hydrogens is 348 g/mol. The number of amides is 4. The summed E-state index contributed by atoms with van der Waals surface area (Å²) in [6, 6.07) is 7.60. The first-order chi connectivity index (χ1) is 13.2. The Balaban J connectivity index is 1.37. The predicted octanol–water partition coefficient (Wildman–Crippen LogP) is 1.83. The molecule has 1 aromatic rings. The molecule has 0 spiro atoms. The fraction of sp³-hybridized carbons (Fsp3) is 0.579. The van der Waals surface area contributed by atoms with E-state index >= 15 is 0 Å². The summed E-state index contributed by atoms with van der Waals surface area (Å²) in [4.78, 5) is 31.1. The van der Waals surface area contributed by atoms with E-state index in [1.165, 1.54) is 0 Å². The van der Waals surface area contributed by atoms with Crippen molar-refractivity contribution < 1.29 is 19.1 Å². The minimum absolute atomic E-state index is 0.0603. The van der Waals surface area contributed by atoms with E-state index < -0.39 is 0 Å². The van der Waals surface area contributed by atoms with Crippen molar-refractivity contribution in [3.05, 3.63) is 24.3 Å². The zero-order chi connectivity index (χ0) is 18.8. The molecule has 4 amide bonds. The van der Waals surface area contributed by atoms with Gasteiger partial charge in [0.2, 0.25) is 0 Å². The number of urea groups is 2. The summed E-state index contributed by atoms with van der Waals surface area (Å²) >= 11 is 0. The lowest BCUT2D eigenvalue weighted by Crippen LogP contribution is -2.54. The zero-order valence-corrected chi connectivity index (χ0v) is 15.6. The minimum Gasteiger partial charge on any atom is -0.497 e. The Morgan fingerprint density at radius 2 is 1.96 bits per heavy atom. The highest BCUT2D eigenvalue weighted by atomic mass is 16.5. The van der Waals surface area contributed by atoms with Crippen LogP contribution in [0.4, 0.5) is 15.3 Å². The molecule has 3 fully saturated rings. The molecular formula is C19H26N4O4. The Kier molecular flexibility index (Phi) is 5.07. The summed E-state index contributed by atoms with van der Waals surface area (Å²) in [7, 11) is 1.60. The van der Waals surface area contributed by atoms with E-state index in [0.29, 0.717) is 50.8 Å². The normalized spacial score (nSPS) is 23.4. The maximum Gasteiger partial charge on any atom is 0.321 e. The lowest BCUT2D eigenvalue weighted by atomic mass is 10.1. The van der Waals surface area contributed by atoms with Gasteiger partial charge in [-0.2, -0.15) is 0 Å². The van der Waals surface area contributed by atoms with Crippen LogP contribution in [0.5, 0.6) is 5.75 Å². The van der Waals surface area contributed by atoms with E-state index in [0.717, 1.165) is 12.8 Å². The molecule has 1 atom stereocenters. The first-order valence-corrected chi connectivity index (χ1v) is 9.50. The SMILES string of the molecule is COc1cccc(NC(=O)N2CCN3C(=O)N(C4CCOCC4)C[C@H]3C2)c1. The van der Waals surface area contributed by atoms with Crippen LogP contribution in [0, 0.1) is 0 Å². The van der Waals surface area contributed by atoms with Crippen molar-refractivity contribution in [3.8, 4) is 5.75 Å². The summed E-state index contributed by atoms with van der Waals surface area (Å²) in [5.41, 5.74) is 0.702. The summed E-state index contributed by atoms with van der Waals surface area (Å²) < 4.78 is 10.6. The third-order valence-corrected chi connectivity index (χ3v) is 5.62. The quantitative estimate of drug-likeness (QED) is 0.876. The van der Waals surface area contributed by atoms with Crippen LogP contribution in [0.3, 0.4) is 0 Å². The van der Waals surface area contributed by atoms with E-state index in [4.69, 9.17) is 9.47 Å². The second kappa shape index (κ2) is 7.64. The molecule has 27 heavy (non-hydrogen) atoms. The van der Waals surface area contributed by atoms with Crippen molar-refractivity contribution in [2.75, 3.05) is 51.8 Å². The number of fused-ring (bicyclic) bond motifs is 1. The van der Waals surface area contributed by atoms with Crippen LogP contribution in [0.15, 0.2) is 24.3 Å². The smallest absolute Gasteiger partial charge is 0.321 e. The first-order valence-electron chi connectivity index (χ1n) is 9.50. The molecule has 0 saturated carbocycles. The number of piperazine rings is 1. The van der Waals surface area contributed by atoms with Gasteiger partial charge in [-0.3, -0.25) is 0 Å². The maximum absolute atomic E-state index is 12.8. The summed E-state index contributed by atoms with van der Waals surface area (Å²) in [6.45, 7) is 3.80. The van der Waals surface area contributed by atoms with Gasteiger partial charge in [-0.15, -0.1) is 0 Å². The number of hydrogen-bond donors (Lipinski definition) is 1. The van der Waals surface area contributed by atoms with Gasteiger partial charge in [0.15, 0.2) is 0 Å². The van der Waals surface area contributed by atoms with E-state index in [1.54, 1.807) is 18.1 Å². The molecule has 0 bridgehead atoms. The van der Waals surface area contributed by atoms with Crippen molar-refractivity contribution in [1.82, 2.24) is 14.7 Å². The minimum atomic E-state index is -0.139. The standard InChI is InChI=1S/C19H26N4O4/c1-26-17-4-2-3-14(11-17)20-18(24)21-7-8-22-16(12-21)13-23(19(22)25)15-5-9-27-10-6-15/h2-4,11,15-16H,5-10,12-13H2,1H3,(H,20,24)/t16-/m1/s1. The lowest BCUT2D eigenvalue weighted by Gasteiger charge is -2.36. The third-order valence-electron chi connectivity index (χ3n) is 5.62. The number of benzene rings is 1. The van der Waals surface area contributed by atoms with Crippen LogP contribution in [0.1, 0.15) is 12.8 Å². The number of ether oxygens (including phenoxy) is 2. The molecule has 3 heterocycles. The molecule has 1 aromatic carbocycles. The summed E-state index contributed by atoms with van der Waals surface area (Å²) in [5.74, 6) is 0.700. The van der Waals surface area contributed by atoms with Crippen LogP contribution in [-0.2, 0) is 4.74 Å². The van der Waals surface area contributed by atoms with E-state index in [1.807, 2.05) is 28.0 Å². The Hall–Kier alpha value is -2.48. The van der Waals surface area contributed by atoms with E-state index in [2.05, 4.69) is 5.32 Å². The lowest BCUT2D eigenvalue weighted by molar-refractivity contribution is 0.0504. The molecule has 1 N–H and O–H groups in total. The van der Waals surface area contributed by atoms with Gasteiger partial charge in [-0.25, -0.2) is 9.59 Å². The van der Waals surface area contributed by atoms with Gasteiger partial charge in [0, 0.05) is 57.2 Å². The van der Waals surface area contributed by atoms with Crippen LogP contribution in [0.2, 0.25) is 0 Å². The van der Waals surface area contributed by atoms with Crippen LogP contribution >= 0.6 is 0 Å². The molecule has 0 aliphatic carbocycles. The van der Waals surface area contributed by atoms with Crippen LogP contribution in [-0.4, -0.2) is 85.3 Å². The van der Waals surface area contributed by atoms with Crippen molar-refractivity contribution >= 4 is 17.7 Å². The van der Waals surface area contributed by atoms with E-state index in [-0.39, 0.29) is 24.1 Å². The van der Waals surface area contributed by atoms with Crippen LogP contribution < -0.4 is 10.1 Å². The molecule has 3 saturated heterocycles. The fourth-order valence-corrected chi connectivity index (χ4v) is 4.12. The maximum atomic E-state index is 12.8. The Morgan fingerprint density at radius 3 is 2.74 bits per heavy atom. The molecule has 8 heteroatoms. The highest BCUT2D eigenvalue weighted by molar-refractivity contribution is 5.90. The Morgan fingerprint density at radius 1 is 1.15 bits per heavy atom. The molecule has 3 aliphatic rings. The number of carbonyl (C=O) groups is 2. The molecule has 4 rings (SSSR count). The third kappa shape index (κ3) is 3.66. The largest absolute Gasteiger partial charge is 0.497 e. The summed E-state index contributed by atoms with van der Waals surface area (Å²) in [5, 5.41) is 2.93. The molecule has 8 nitrogen and oxygen atoms in total. The average Bonchev–Trinajstić information content (AvgIpc) is 3.05. The molecule has 0 radical (unpaired) electrons. The van der Waals surface area contributed by atoms with Crippen molar-refractivity contribution in [3.63, 3.8) is 0 Å². The summed E-state index contributed by atoms with van der Waals surface area (Å²) in [6.07, 6.45) is 1.79. The fourth-order valence-electron chi connectivity index (χ4n) is 4.12. The van der Waals surface area contributed by atoms with Gasteiger partial charge in [0.05, 0.1) is 13.2 Å².